The summed E-state index contributed by atoms with van der Waals surface area (Å²) in [6.07, 6.45) is 4.32. The van der Waals surface area contributed by atoms with Gasteiger partial charge in [-0.2, -0.15) is 0 Å². The van der Waals surface area contributed by atoms with Crippen molar-refractivity contribution in [3.63, 3.8) is 0 Å². The van der Waals surface area contributed by atoms with Crippen LogP contribution in [-0.4, -0.2) is 28.4 Å². The summed E-state index contributed by atoms with van der Waals surface area (Å²) < 4.78 is 0. The molecule has 100 valence electrons. The van der Waals surface area contributed by atoms with Gasteiger partial charge in [0.2, 0.25) is 5.91 Å². The topological polar surface area (TPSA) is 45.2 Å². The van der Waals surface area contributed by atoms with Crippen LogP contribution in [0.5, 0.6) is 0 Å². The van der Waals surface area contributed by atoms with Gasteiger partial charge in [-0.25, -0.2) is 0 Å². The Bertz CT molecular complexity index is 522. The van der Waals surface area contributed by atoms with Crippen LogP contribution in [0.4, 0.5) is 0 Å². The summed E-state index contributed by atoms with van der Waals surface area (Å²) in [6, 6.07) is 2.55. The Balaban J connectivity index is 1.55. The molecule has 1 saturated heterocycles. The SMILES string of the molecule is Cc1cc2c(cn1)CN(C(=O)[C@@H]1[C@H]3CC[C@@H]1NC3)C2. The molecule has 0 spiro atoms. The third kappa shape index (κ3) is 1.70. The van der Waals surface area contributed by atoms with Gasteiger partial charge in [0.05, 0.1) is 5.92 Å². The van der Waals surface area contributed by atoms with Gasteiger partial charge in [-0.15, -0.1) is 0 Å². The number of rotatable bonds is 1. The minimum absolute atomic E-state index is 0.225. The highest BCUT2D eigenvalue weighted by Gasteiger charge is 2.47. The molecule has 1 amide bonds. The van der Waals surface area contributed by atoms with Crippen LogP contribution in [-0.2, 0) is 17.9 Å². The first-order valence-electron chi connectivity index (χ1n) is 7.19. The van der Waals surface area contributed by atoms with Crippen LogP contribution in [0.15, 0.2) is 12.3 Å². The maximum absolute atomic E-state index is 12.7. The van der Waals surface area contributed by atoms with E-state index < -0.39 is 0 Å². The van der Waals surface area contributed by atoms with Crippen molar-refractivity contribution in [2.24, 2.45) is 11.8 Å². The van der Waals surface area contributed by atoms with E-state index in [1.165, 1.54) is 24.0 Å². The Labute approximate surface area is 113 Å². The molecule has 2 bridgehead atoms. The zero-order chi connectivity index (χ0) is 13.0. The van der Waals surface area contributed by atoms with E-state index in [1.807, 2.05) is 18.0 Å². The second-order valence-corrected chi connectivity index (χ2v) is 6.17. The van der Waals surface area contributed by atoms with Gasteiger partial charge >= 0.3 is 0 Å². The van der Waals surface area contributed by atoms with Crippen LogP contribution in [0.2, 0.25) is 0 Å². The first kappa shape index (κ1) is 11.4. The van der Waals surface area contributed by atoms with Gasteiger partial charge in [0.15, 0.2) is 0 Å². The number of nitrogens with zero attached hydrogens (tertiary/aromatic N) is 2. The number of aromatic nitrogens is 1. The number of nitrogens with one attached hydrogen (secondary N) is 1. The number of fused-ring (bicyclic) bond motifs is 3. The monoisotopic (exact) mass is 257 g/mol. The second-order valence-electron chi connectivity index (χ2n) is 6.17. The maximum Gasteiger partial charge on any atom is 0.228 e. The van der Waals surface area contributed by atoms with E-state index in [1.54, 1.807) is 0 Å². The van der Waals surface area contributed by atoms with Gasteiger partial charge in [-0.05, 0) is 49.4 Å². The molecule has 4 rings (SSSR count). The molecule has 1 aromatic rings. The van der Waals surface area contributed by atoms with Crippen LogP contribution in [0.3, 0.4) is 0 Å². The average molecular weight is 257 g/mol. The number of hydrogen-bond donors (Lipinski definition) is 1. The fourth-order valence-corrected chi connectivity index (χ4v) is 3.98. The average Bonchev–Trinajstić information content (AvgIpc) is 3.10. The number of amides is 1. The minimum Gasteiger partial charge on any atom is -0.334 e. The van der Waals surface area contributed by atoms with Crippen molar-refractivity contribution in [1.29, 1.82) is 0 Å². The lowest BCUT2D eigenvalue weighted by Crippen LogP contribution is -2.37. The normalized spacial score (nSPS) is 31.8. The Morgan fingerprint density at radius 3 is 2.89 bits per heavy atom. The van der Waals surface area contributed by atoms with E-state index in [2.05, 4.69) is 16.4 Å². The molecule has 0 aromatic carbocycles. The smallest absolute Gasteiger partial charge is 0.228 e. The van der Waals surface area contributed by atoms with Crippen LogP contribution in [0.1, 0.15) is 29.7 Å². The predicted octanol–water partition coefficient (Wildman–Crippen LogP) is 1.23. The number of carbonyl (C=O) groups is 1. The van der Waals surface area contributed by atoms with Gasteiger partial charge in [0.1, 0.15) is 0 Å². The van der Waals surface area contributed by atoms with Gasteiger partial charge in [0, 0.05) is 31.0 Å². The fraction of sp³-hybridized carbons (Fsp3) is 0.600. The molecule has 1 aromatic heterocycles. The Morgan fingerprint density at radius 2 is 2.21 bits per heavy atom. The predicted molar refractivity (Wildman–Crippen MR) is 71.2 cm³/mol. The highest BCUT2D eigenvalue weighted by Crippen LogP contribution is 2.39. The Morgan fingerprint density at radius 1 is 1.37 bits per heavy atom. The van der Waals surface area contributed by atoms with Crippen molar-refractivity contribution in [2.75, 3.05) is 6.54 Å². The quantitative estimate of drug-likeness (QED) is 0.823. The summed E-state index contributed by atoms with van der Waals surface area (Å²) in [6.45, 7) is 4.55. The molecular weight excluding hydrogens is 238 g/mol. The van der Waals surface area contributed by atoms with Gasteiger partial charge in [0.25, 0.3) is 0 Å². The molecule has 3 aliphatic rings. The molecule has 4 heteroatoms. The Hall–Kier alpha value is -1.42. The van der Waals surface area contributed by atoms with Crippen LogP contribution in [0, 0.1) is 18.8 Å². The summed E-state index contributed by atoms with van der Waals surface area (Å²) in [4.78, 5) is 19.1. The molecule has 1 aliphatic carbocycles. The van der Waals surface area contributed by atoms with Crippen molar-refractivity contribution >= 4 is 5.91 Å². The number of pyridine rings is 1. The molecule has 3 atom stereocenters. The summed E-state index contributed by atoms with van der Waals surface area (Å²) in [7, 11) is 0. The largest absolute Gasteiger partial charge is 0.334 e. The third-order valence-corrected chi connectivity index (χ3v) is 4.97. The van der Waals surface area contributed by atoms with Gasteiger partial charge < -0.3 is 10.2 Å². The van der Waals surface area contributed by atoms with Crippen LogP contribution >= 0.6 is 0 Å². The van der Waals surface area contributed by atoms with Crippen molar-refractivity contribution in [3.05, 3.63) is 29.1 Å². The molecule has 0 unspecified atom stereocenters. The van der Waals surface area contributed by atoms with Crippen LogP contribution < -0.4 is 5.32 Å². The Kier molecular flexibility index (Phi) is 2.42. The van der Waals surface area contributed by atoms with E-state index in [4.69, 9.17) is 0 Å². The lowest BCUT2D eigenvalue weighted by molar-refractivity contribution is -0.136. The second kappa shape index (κ2) is 4.04. The highest BCUT2D eigenvalue weighted by atomic mass is 16.2. The van der Waals surface area contributed by atoms with E-state index >= 15 is 0 Å². The van der Waals surface area contributed by atoms with Crippen molar-refractivity contribution in [1.82, 2.24) is 15.2 Å². The highest BCUT2D eigenvalue weighted by molar-refractivity contribution is 5.81. The zero-order valence-electron chi connectivity index (χ0n) is 11.2. The van der Waals surface area contributed by atoms with Crippen molar-refractivity contribution in [2.45, 2.75) is 38.9 Å². The molecular formula is C15H19N3O. The number of carbonyl (C=O) groups excluding carboxylic acids is 1. The molecule has 4 nitrogen and oxygen atoms in total. The molecule has 2 fully saturated rings. The summed E-state index contributed by atoms with van der Waals surface area (Å²) in [5.74, 6) is 1.15. The molecule has 19 heavy (non-hydrogen) atoms. The first-order valence-corrected chi connectivity index (χ1v) is 7.19. The third-order valence-electron chi connectivity index (χ3n) is 4.97. The van der Waals surface area contributed by atoms with Crippen molar-refractivity contribution < 1.29 is 4.79 Å². The lowest BCUT2D eigenvalue weighted by Gasteiger charge is -2.22. The molecule has 2 aliphatic heterocycles. The fourth-order valence-electron chi connectivity index (χ4n) is 3.98. The molecule has 1 saturated carbocycles. The van der Waals surface area contributed by atoms with Gasteiger partial charge in [-0.3, -0.25) is 9.78 Å². The summed E-state index contributed by atoms with van der Waals surface area (Å²) in [5.41, 5.74) is 3.53. The standard InChI is InChI=1S/C15H19N3O/c1-9-4-11-7-18(8-12(11)6-16-9)15(19)14-10-2-3-13(14)17-5-10/h4,6,10,13-14,17H,2-3,5,7-8H2,1H3/t10-,13-,14+/m0/s1. The number of hydrogen-bond acceptors (Lipinski definition) is 3. The zero-order valence-corrected chi connectivity index (χ0v) is 11.2. The number of aryl methyl sites for hydroxylation is 1. The van der Waals surface area contributed by atoms with Crippen LogP contribution in [0.25, 0.3) is 0 Å². The minimum atomic E-state index is 0.225. The van der Waals surface area contributed by atoms with E-state index in [0.29, 0.717) is 17.9 Å². The van der Waals surface area contributed by atoms with E-state index in [0.717, 1.165) is 25.3 Å². The molecule has 0 radical (unpaired) electrons. The van der Waals surface area contributed by atoms with E-state index in [-0.39, 0.29) is 5.92 Å². The summed E-state index contributed by atoms with van der Waals surface area (Å²) in [5, 5.41) is 3.48. The first-order chi connectivity index (χ1) is 9.22. The summed E-state index contributed by atoms with van der Waals surface area (Å²) >= 11 is 0. The van der Waals surface area contributed by atoms with Crippen molar-refractivity contribution in [3.8, 4) is 0 Å². The number of piperidine rings is 1. The van der Waals surface area contributed by atoms with Gasteiger partial charge in [-0.1, -0.05) is 0 Å². The maximum atomic E-state index is 12.7. The van der Waals surface area contributed by atoms with E-state index in [9.17, 15) is 4.79 Å². The molecule has 3 heterocycles. The molecule has 1 N–H and O–H groups in total. The lowest BCUT2D eigenvalue weighted by atomic mass is 9.97.